The number of hydrogen-bond acceptors (Lipinski definition) is 3. The summed E-state index contributed by atoms with van der Waals surface area (Å²) in [6, 6.07) is 7.50. The van der Waals surface area contributed by atoms with E-state index < -0.39 is 5.91 Å². The van der Waals surface area contributed by atoms with E-state index in [1.807, 2.05) is 30.3 Å². The average molecular weight is 220 g/mol. The highest BCUT2D eigenvalue weighted by atomic mass is 16.5. The predicted octanol–water partition coefficient (Wildman–Crippen LogP) is 0.826. The fourth-order valence-electron chi connectivity index (χ4n) is 1.18. The van der Waals surface area contributed by atoms with Crippen molar-refractivity contribution in [3.63, 3.8) is 0 Å². The summed E-state index contributed by atoms with van der Waals surface area (Å²) in [6.45, 7) is 5.09. The maximum absolute atomic E-state index is 10.5. The molecule has 0 spiro atoms. The zero-order valence-corrected chi connectivity index (χ0v) is 9.11. The normalized spacial score (nSPS) is 9.75. The SMILES string of the molecule is C=CCNCc1ccc(OCC(N)=O)cc1. The van der Waals surface area contributed by atoms with Gasteiger partial charge in [-0.1, -0.05) is 18.2 Å². The Balaban J connectivity index is 2.41. The van der Waals surface area contributed by atoms with Gasteiger partial charge in [0.1, 0.15) is 5.75 Å². The van der Waals surface area contributed by atoms with E-state index >= 15 is 0 Å². The topological polar surface area (TPSA) is 64.3 Å². The molecule has 1 aromatic carbocycles. The van der Waals surface area contributed by atoms with E-state index in [0.29, 0.717) is 5.75 Å². The Labute approximate surface area is 95.1 Å². The number of hydrogen-bond donors (Lipinski definition) is 2. The van der Waals surface area contributed by atoms with Crippen LogP contribution in [-0.2, 0) is 11.3 Å². The van der Waals surface area contributed by atoms with E-state index in [-0.39, 0.29) is 6.61 Å². The van der Waals surface area contributed by atoms with Gasteiger partial charge < -0.3 is 15.8 Å². The van der Waals surface area contributed by atoms with Crippen LogP contribution in [0.15, 0.2) is 36.9 Å². The summed E-state index contributed by atoms with van der Waals surface area (Å²) in [6.07, 6.45) is 1.81. The van der Waals surface area contributed by atoms with Gasteiger partial charge in [-0.25, -0.2) is 0 Å². The van der Waals surface area contributed by atoms with Gasteiger partial charge in [-0.05, 0) is 17.7 Å². The van der Waals surface area contributed by atoms with Crippen LogP contribution in [-0.4, -0.2) is 19.1 Å². The molecule has 0 heterocycles. The molecule has 0 radical (unpaired) electrons. The highest BCUT2D eigenvalue weighted by Gasteiger charge is 1.97. The van der Waals surface area contributed by atoms with Crippen LogP contribution in [0.2, 0.25) is 0 Å². The third-order valence-electron chi connectivity index (χ3n) is 1.92. The minimum atomic E-state index is -0.475. The summed E-state index contributed by atoms with van der Waals surface area (Å²) < 4.78 is 5.14. The second-order valence-electron chi connectivity index (χ2n) is 3.32. The van der Waals surface area contributed by atoms with Crippen LogP contribution < -0.4 is 15.8 Å². The molecule has 0 atom stereocenters. The monoisotopic (exact) mass is 220 g/mol. The average Bonchev–Trinajstić information content (AvgIpc) is 2.28. The lowest BCUT2D eigenvalue weighted by Gasteiger charge is -2.05. The number of rotatable bonds is 7. The molecule has 0 bridgehead atoms. The summed E-state index contributed by atoms with van der Waals surface area (Å²) in [4.78, 5) is 10.5. The molecule has 1 aromatic rings. The third-order valence-corrected chi connectivity index (χ3v) is 1.92. The molecule has 0 saturated heterocycles. The van der Waals surface area contributed by atoms with E-state index in [4.69, 9.17) is 10.5 Å². The van der Waals surface area contributed by atoms with E-state index in [1.165, 1.54) is 0 Å². The minimum Gasteiger partial charge on any atom is -0.484 e. The number of benzene rings is 1. The molecule has 4 nitrogen and oxygen atoms in total. The smallest absolute Gasteiger partial charge is 0.255 e. The van der Waals surface area contributed by atoms with Gasteiger partial charge in [0, 0.05) is 13.1 Å². The molecule has 0 saturated carbocycles. The first-order valence-electron chi connectivity index (χ1n) is 5.04. The Bertz CT molecular complexity index is 347. The number of amides is 1. The van der Waals surface area contributed by atoms with Crippen molar-refractivity contribution in [2.45, 2.75) is 6.54 Å². The molecule has 0 aliphatic heterocycles. The third kappa shape index (κ3) is 4.61. The molecule has 0 fully saturated rings. The van der Waals surface area contributed by atoms with Gasteiger partial charge in [0.2, 0.25) is 0 Å². The number of ether oxygens (including phenoxy) is 1. The zero-order valence-electron chi connectivity index (χ0n) is 9.11. The Hall–Kier alpha value is -1.81. The van der Waals surface area contributed by atoms with Crippen molar-refractivity contribution in [1.29, 1.82) is 0 Å². The van der Waals surface area contributed by atoms with Crippen LogP contribution in [0.3, 0.4) is 0 Å². The van der Waals surface area contributed by atoms with Crippen molar-refractivity contribution < 1.29 is 9.53 Å². The standard InChI is InChI=1S/C12H16N2O2/c1-2-7-14-8-10-3-5-11(6-4-10)16-9-12(13)15/h2-6,14H,1,7-9H2,(H2,13,15). The van der Waals surface area contributed by atoms with Crippen LogP contribution >= 0.6 is 0 Å². The maximum Gasteiger partial charge on any atom is 0.255 e. The first-order chi connectivity index (χ1) is 7.72. The van der Waals surface area contributed by atoms with Crippen LogP contribution in [0.25, 0.3) is 0 Å². The van der Waals surface area contributed by atoms with Gasteiger partial charge in [0.15, 0.2) is 6.61 Å². The second-order valence-corrected chi connectivity index (χ2v) is 3.32. The molecule has 1 rings (SSSR count). The van der Waals surface area contributed by atoms with Gasteiger partial charge >= 0.3 is 0 Å². The fourth-order valence-corrected chi connectivity index (χ4v) is 1.18. The highest BCUT2D eigenvalue weighted by molar-refractivity contribution is 5.75. The molecule has 3 N–H and O–H groups in total. The number of carbonyl (C=O) groups excluding carboxylic acids is 1. The molecule has 16 heavy (non-hydrogen) atoms. The minimum absolute atomic E-state index is 0.0892. The molecule has 86 valence electrons. The molecule has 0 aliphatic rings. The van der Waals surface area contributed by atoms with Crippen molar-refractivity contribution in [2.24, 2.45) is 5.73 Å². The number of primary amides is 1. The molecule has 0 aliphatic carbocycles. The van der Waals surface area contributed by atoms with Gasteiger partial charge in [-0.15, -0.1) is 6.58 Å². The van der Waals surface area contributed by atoms with E-state index in [9.17, 15) is 4.79 Å². The van der Waals surface area contributed by atoms with E-state index in [1.54, 1.807) is 0 Å². The molecular weight excluding hydrogens is 204 g/mol. The van der Waals surface area contributed by atoms with E-state index in [2.05, 4.69) is 11.9 Å². The summed E-state index contributed by atoms with van der Waals surface area (Å²) in [5.74, 6) is 0.169. The van der Waals surface area contributed by atoms with Gasteiger partial charge in [0.05, 0.1) is 0 Å². The zero-order chi connectivity index (χ0) is 11.8. The summed E-state index contributed by atoms with van der Waals surface area (Å²) in [5, 5.41) is 3.19. The number of nitrogens with two attached hydrogens (primary N) is 1. The molecular formula is C12H16N2O2. The second kappa shape index (κ2) is 6.63. The first kappa shape index (κ1) is 12.3. The predicted molar refractivity (Wildman–Crippen MR) is 63.0 cm³/mol. The van der Waals surface area contributed by atoms with Crippen molar-refractivity contribution >= 4 is 5.91 Å². The Morgan fingerprint density at radius 2 is 2.12 bits per heavy atom. The molecule has 4 heteroatoms. The Kier molecular flexibility index (Phi) is 5.08. The lowest BCUT2D eigenvalue weighted by Crippen LogP contribution is -2.20. The van der Waals surface area contributed by atoms with Crippen LogP contribution in [0, 0.1) is 0 Å². The lowest BCUT2D eigenvalue weighted by molar-refractivity contribution is -0.119. The van der Waals surface area contributed by atoms with Gasteiger partial charge in [-0.3, -0.25) is 4.79 Å². The van der Waals surface area contributed by atoms with Crippen LogP contribution in [0.5, 0.6) is 5.75 Å². The van der Waals surface area contributed by atoms with Crippen LogP contribution in [0.1, 0.15) is 5.56 Å². The lowest BCUT2D eigenvalue weighted by atomic mass is 10.2. The first-order valence-corrected chi connectivity index (χ1v) is 5.04. The van der Waals surface area contributed by atoms with Crippen molar-refractivity contribution in [1.82, 2.24) is 5.32 Å². The van der Waals surface area contributed by atoms with E-state index in [0.717, 1.165) is 18.7 Å². The summed E-state index contributed by atoms with van der Waals surface area (Å²) in [5.41, 5.74) is 6.11. The van der Waals surface area contributed by atoms with Crippen molar-refractivity contribution in [3.8, 4) is 5.75 Å². The summed E-state index contributed by atoms with van der Waals surface area (Å²) in [7, 11) is 0. The number of nitrogens with one attached hydrogen (secondary N) is 1. The maximum atomic E-state index is 10.5. The quantitative estimate of drug-likeness (QED) is 0.528. The highest BCUT2D eigenvalue weighted by Crippen LogP contribution is 2.11. The fraction of sp³-hybridized carbons (Fsp3) is 0.250. The molecule has 1 amide bonds. The largest absolute Gasteiger partial charge is 0.484 e. The van der Waals surface area contributed by atoms with Crippen LogP contribution in [0.4, 0.5) is 0 Å². The molecule has 0 unspecified atom stereocenters. The molecule has 0 aromatic heterocycles. The van der Waals surface area contributed by atoms with Crippen molar-refractivity contribution in [2.75, 3.05) is 13.2 Å². The van der Waals surface area contributed by atoms with Gasteiger partial charge in [-0.2, -0.15) is 0 Å². The summed E-state index contributed by atoms with van der Waals surface area (Å²) >= 11 is 0. The Morgan fingerprint density at radius 3 is 2.69 bits per heavy atom. The Morgan fingerprint density at radius 1 is 1.44 bits per heavy atom. The van der Waals surface area contributed by atoms with Gasteiger partial charge in [0.25, 0.3) is 5.91 Å². The van der Waals surface area contributed by atoms with Crippen molar-refractivity contribution in [3.05, 3.63) is 42.5 Å². The number of carbonyl (C=O) groups is 1.